The van der Waals surface area contributed by atoms with Crippen LogP contribution in [0.3, 0.4) is 0 Å². The molecule has 0 aliphatic heterocycles. The number of hydrogen-bond donors (Lipinski definition) is 2. The molecular formula is C21H30O2Si. The van der Waals surface area contributed by atoms with E-state index in [0.29, 0.717) is 0 Å². The first-order valence-electron chi connectivity index (χ1n) is 8.67. The van der Waals surface area contributed by atoms with Crippen LogP contribution in [0.25, 0.3) is 0 Å². The molecule has 0 aromatic heterocycles. The Morgan fingerprint density at radius 1 is 0.750 bits per heavy atom. The van der Waals surface area contributed by atoms with Crippen molar-refractivity contribution in [1.82, 2.24) is 0 Å². The Hall–Kier alpha value is -1.42. The van der Waals surface area contributed by atoms with Crippen molar-refractivity contribution in [3.05, 3.63) is 60.7 Å². The molecule has 0 radical (unpaired) electrons. The molecule has 24 heavy (non-hydrogen) atoms. The lowest BCUT2D eigenvalue weighted by Crippen LogP contribution is -2.65. The van der Waals surface area contributed by atoms with Gasteiger partial charge in [0, 0.05) is 6.61 Å². The lowest BCUT2D eigenvalue weighted by molar-refractivity contribution is 0.143. The molecule has 2 aromatic carbocycles. The first-order valence-corrected chi connectivity index (χ1v) is 10.6. The second-order valence-corrected chi connectivity index (χ2v) is 12.1. The van der Waals surface area contributed by atoms with Crippen LogP contribution in [-0.4, -0.2) is 24.8 Å². The second-order valence-electron chi connectivity index (χ2n) is 8.15. The number of aliphatic hydroxyl groups excluding tert-OH is 1. The summed E-state index contributed by atoms with van der Waals surface area (Å²) in [6.45, 7) is 8.67. The van der Waals surface area contributed by atoms with E-state index in [1.807, 2.05) is 36.4 Å². The third kappa shape index (κ3) is 3.80. The fourth-order valence-electron chi connectivity index (χ4n) is 3.22. The van der Waals surface area contributed by atoms with Gasteiger partial charge in [0.1, 0.15) is 0 Å². The van der Waals surface area contributed by atoms with Crippen molar-refractivity contribution in [3.63, 3.8) is 0 Å². The molecule has 0 amide bonds. The molecule has 0 heterocycles. The highest BCUT2D eigenvalue weighted by molar-refractivity contribution is 6.98. The van der Waals surface area contributed by atoms with Crippen LogP contribution in [0.1, 0.15) is 40.5 Å². The van der Waals surface area contributed by atoms with Crippen molar-refractivity contribution in [2.24, 2.45) is 5.41 Å². The van der Waals surface area contributed by atoms with E-state index in [2.05, 4.69) is 52.0 Å². The number of hydrogen-bond acceptors (Lipinski definition) is 2. The topological polar surface area (TPSA) is 40.5 Å². The standard InChI is InChI=1S/C21H30O2Si/c1-20(2,17-22)15-16-21(3,4)24(23,18-11-7-5-8-12-18)19-13-9-6-10-14-19/h5-14,22-23H,15-17H2,1-4H3. The molecule has 0 aliphatic rings. The zero-order valence-corrected chi connectivity index (χ0v) is 16.3. The highest BCUT2D eigenvalue weighted by Gasteiger charge is 2.49. The van der Waals surface area contributed by atoms with Gasteiger partial charge in [-0.05, 0) is 33.7 Å². The molecule has 2 nitrogen and oxygen atoms in total. The van der Waals surface area contributed by atoms with E-state index in [9.17, 15) is 9.90 Å². The minimum Gasteiger partial charge on any atom is -0.424 e. The molecule has 0 unspecified atom stereocenters. The van der Waals surface area contributed by atoms with Gasteiger partial charge in [0.2, 0.25) is 0 Å². The molecule has 0 spiro atoms. The van der Waals surface area contributed by atoms with E-state index in [1.54, 1.807) is 0 Å². The van der Waals surface area contributed by atoms with E-state index in [-0.39, 0.29) is 17.1 Å². The van der Waals surface area contributed by atoms with Gasteiger partial charge in [-0.25, -0.2) is 0 Å². The van der Waals surface area contributed by atoms with Crippen LogP contribution in [-0.2, 0) is 0 Å². The highest BCUT2D eigenvalue weighted by Crippen LogP contribution is 2.42. The molecule has 2 N–H and O–H groups in total. The molecule has 0 bridgehead atoms. The molecular weight excluding hydrogens is 312 g/mol. The second kappa shape index (κ2) is 7.22. The summed E-state index contributed by atoms with van der Waals surface area (Å²) in [5.41, 5.74) is -0.125. The molecule has 0 atom stereocenters. The van der Waals surface area contributed by atoms with Crippen LogP contribution in [0.2, 0.25) is 5.04 Å². The largest absolute Gasteiger partial charge is 0.424 e. The predicted octanol–water partition coefficient (Wildman–Crippen LogP) is 3.32. The van der Waals surface area contributed by atoms with Crippen LogP contribution in [0.4, 0.5) is 0 Å². The number of rotatable bonds is 7. The zero-order valence-electron chi connectivity index (χ0n) is 15.3. The summed E-state index contributed by atoms with van der Waals surface area (Å²) in [4.78, 5) is 12.0. The minimum atomic E-state index is -2.92. The molecule has 0 fully saturated rings. The van der Waals surface area contributed by atoms with Crippen molar-refractivity contribution in [2.45, 2.75) is 45.6 Å². The van der Waals surface area contributed by atoms with Gasteiger partial charge in [0.25, 0.3) is 8.32 Å². The predicted molar refractivity (Wildman–Crippen MR) is 104 cm³/mol. The summed E-state index contributed by atoms with van der Waals surface area (Å²) in [7, 11) is -2.92. The maximum atomic E-state index is 12.0. The van der Waals surface area contributed by atoms with Crippen LogP contribution < -0.4 is 10.4 Å². The van der Waals surface area contributed by atoms with E-state index < -0.39 is 8.32 Å². The first-order chi connectivity index (χ1) is 11.2. The van der Waals surface area contributed by atoms with E-state index >= 15 is 0 Å². The van der Waals surface area contributed by atoms with Crippen molar-refractivity contribution >= 4 is 18.7 Å². The SMILES string of the molecule is CC(C)(CO)CCC(C)(C)[Si](O)(c1ccccc1)c1ccccc1. The summed E-state index contributed by atoms with van der Waals surface area (Å²) in [6, 6.07) is 20.2. The van der Waals surface area contributed by atoms with Crippen molar-refractivity contribution in [1.29, 1.82) is 0 Å². The average Bonchev–Trinajstić information content (AvgIpc) is 2.61. The molecule has 0 aliphatic carbocycles. The van der Waals surface area contributed by atoms with Crippen LogP contribution >= 0.6 is 0 Å². The molecule has 130 valence electrons. The van der Waals surface area contributed by atoms with Gasteiger partial charge in [0.15, 0.2) is 0 Å². The van der Waals surface area contributed by atoms with Gasteiger partial charge in [0.05, 0.1) is 0 Å². The lowest BCUT2D eigenvalue weighted by atomic mass is 9.86. The Labute approximate surface area is 147 Å². The Morgan fingerprint density at radius 3 is 1.54 bits per heavy atom. The Morgan fingerprint density at radius 2 is 1.17 bits per heavy atom. The fraction of sp³-hybridized carbons (Fsp3) is 0.429. The molecule has 2 aromatic rings. The minimum absolute atomic E-state index is 0.125. The number of benzene rings is 2. The van der Waals surface area contributed by atoms with Gasteiger partial charge >= 0.3 is 0 Å². The quantitative estimate of drug-likeness (QED) is 0.758. The molecule has 0 saturated heterocycles. The maximum Gasteiger partial charge on any atom is 0.258 e. The van der Waals surface area contributed by atoms with Crippen LogP contribution in [0.5, 0.6) is 0 Å². The molecule has 2 rings (SSSR count). The Kier molecular flexibility index (Phi) is 5.69. The Bertz CT molecular complexity index is 596. The van der Waals surface area contributed by atoms with Gasteiger partial charge in [-0.3, -0.25) is 0 Å². The summed E-state index contributed by atoms with van der Waals surface area (Å²) in [6.07, 6.45) is 1.75. The van der Waals surface area contributed by atoms with E-state index in [4.69, 9.17) is 0 Å². The third-order valence-corrected chi connectivity index (χ3v) is 9.76. The number of aliphatic hydroxyl groups is 1. The summed E-state index contributed by atoms with van der Waals surface area (Å²) < 4.78 is 0. The van der Waals surface area contributed by atoms with Gasteiger partial charge in [-0.15, -0.1) is 0 Å². The van der Waals surface area contributed by atoms with Crippen molar-refractivity contribution in [2.75, 3.05) is 6.61 Å². The summed E-state index contributed by atoms with van der Waals surface area (Å²) in [5, 5.41) is 11.4. The maximum absolute atomic E-state index is 12.0. The third-order valence-electron chi connectivity index (χ3n) is 5.22. The average molecular weight is 343 g/mol. The monoisotopic (exact) mass is 342 g/mol. The van der Waals surface area contributed by atoms with Gasteiger partial charge in [-0.2, -0.15) is 0 Å². The smallest absolute Gasteiger partial charge is 0.258 e. The zero-order chi connectivity index (χ0) is 17.8. The first kappa shape index (κ1) is 18.9. The highest BCUT2D eigenvalue weighted by atomic mass is 28.4. The van der Waals surface area contributed by atoms with Crippen molar-refractivity contribution < 1.29 is 9.90 Å². The normalized spacial score (nSPS) is 13.1. The van der Waals surface area contributed by atoms with Crippen molar-refractivity contribution in [3.8, 4) is 0 Å². The lowest BCUT2D eigenvalue weighted by Gasteiger charge is -2.42. The summed E-state index contributed by atoms with van der Waals surface area (Å²) in [5.74, 6) is 0. The fourth-order valence-corrected chi connectivity index (χ4v) is 6.95. The molecule has 0 saturated carbocycles. The van der Waals surface area contributed by atoms with Crippen LogP contribution in [0, 0.1) is 5.41 Å². The van der Waals surface area contributed by atoms with Gasteiger partial charge in [-0.1, -0.05) is 88.4 Å². The Balaban J connectivity index is 2.46. The van der Waals surface area contributed by atoms with E-state index in [1.165, 1.54) is 0 Å². The summed E-state index contributed by atoms with van der Waals surface area (Å²) >= 11 is 0. The van der Waals surface area contributed by atoms with Gasteiger partial charge < -0.3 is 9.90 Å². The van der Waals surface area contributed by atoms with E-state index in [0.717, 1.165) is 23.2 Å². The van der Waals surface area contributed by atoms with Crippen LogP contribution in [0.15, 0.2) is 60.7 Å². The molecule has 3 heteroatoms.